The van der Waals surface area contributed by atoms with Crippen molar-refractivity contribution in [3.05, 3.63) is 52.3 Å². The van der Waals surface area contributed by atoms with Crippen molar-refractivity contribution in [3.63, 3.8) is 0 Å². The van der Waals surface area contributed by atoms with Gasteiger partial charge in [-0.25, -0.2) is 0 Å². The number of nitro benzene ring substituents is 1. The molecule has 0 aliphatic heterocycles. The number of nitrogens with two attached hydrogens (primary N) is 1. The van der Waals surface area contributed by atoms with Crippen molar-refractivity contribution in [1.29, 1.82) is 0 Å². The molecule has 0 bridgehead atoms. The minimum atomic E-state index is -0.646. The summed E-state index contributed by atoms with van der Waals surface area (Å²) in [7, 11) is 0. The first-order valence-electron chi connectivity index (χ1n) is 4.71. The van der Waals surface area contributed by atoms with E-state index in [1.54, 1.807) is 12.1 Å². The SMILES string of the molecule is NC(=O)c1ccc([N+](=O)[O-])c(-c2ccco2)c1. The first kappa shape index (κ1) is 10.9. The monoisotopic (exact) mass is 232 g/mol. The van der Waals surface area contributed by atoms with E-state index in [2.05, 4.69) is 0 Å². The third-order valence-corrected chi connectivity index (χ3v) is 2.26. The van der Waals surface area contributed by atoms with Gasteiger partial charge in [0.15, 0.2) is 0 Å². The zero-order chi connectivity index (χ0) is 12.4. The van der Waals surface area contributed by atoms with Crippen LogP contribution in [0.5, 0.6) is 0 Å². The number of amides is 1. The average Bonchev–Trinajstić information content (AvgIpc) is 2.81. The van der Waals surface area contributed by atoms with E-state index in [4.69, 9.17) is 10.2 Å². The van der Waals surface area contributed by atoms with E-state index in [1.807, 2.05) is 0 Å². The quantitative estimate of drug-likeness (QED) is 0.645. The van der Waals surface area contributed by atoms with Crippen molar-refractivity contribution in [2.24, 2.45) is 5.73 Å². The van der Waals surface area contributed by atoms with E-state index in [9.17, 15) is 14.9 Å². The van der Waals surface area contributed by atoms with Gasteiger partial charge in [0.2, 0.25) is 5.91 Å². The van der Waals surface area contributed by atoms with Crippen molar-refractivity contribution in [2.45, 2.75) is 0 Å². The molecule has 0 unspecified atom stereocenters. The highest BCUT2D eigenvalue weighted by atomic mass is 16.6. The van der Waals surface area contributed by atoms with Crippen molar-refractivity contribution in [3.8, 4) is 11.3 Å². The predicted octanol–water partition coefficient (Wildman–Crippen LogP) is 1.95. The Morgan fingerprint density at radius 3 is 2.65 bits per heavy atom. The van der Waals surface area contributed by atoms with Crippen LogP contribution < -0.4 is 5.73 Å². The summed E-state index contributed by atoms with van der Waals surface area (Å²) >= 11 is 0. The van der Waals surface area contributed by atoms with Crippen LogP contribution in [-0.2, 0) is 0 Å². The summed E-state index contributed by atoms with van der Waals surface area (Å²) < 4.78 is 5.09. The molecule has 2 N–H and O–H groups in total. The molecule has 1 heterocycles. The molecule has 0 fully saturated rings. The molecule has 0 saturated carbocycles. The van der Waals surface area contributed by atoms with Crippen LogP contribution in [0.25, 0.3) is 11.3 Å². The Morgan fingerprint density at radius 2 is 2.12 bits per heavy atom. The summed E-state index contributed by atoms with van der Waals surface area (Å²) in [6, 6.07) is 7.08. The summed E-state index contributed by atoms with van der Waals surface area (Å²) in [5, 5.41) is 10.8. The first-order chi connectivity index (χ1) is 8.09. The maximum atomic E-state index is 11.0. The van der Waals surface area contributed by atoms with Gasteiger partial charge in [-0.05, 0) is 24.3 Å². The highest BCUT2D eigenvalue weighted by Crippen LogP contribution is 2.30. The van der Waals surface area contributed by atoms with Crippen LogP contribution in [0.4, 0.5) is 5.69 Å². The number of hydrogen-bond acceptors (Lipinski definition) is 4. The van der Waals surface area contributed by atoms with E-state index in [-0.39, 0.29) is 16.8 Å². The van der Waals surface area contributed by atoms with Crippen molar-refractivity contribution >= 4 is 11.6 Å². The van der Waals surface area contributed by atoms with E-state index in [0.29, 0.717) is 5.76 Å². The molecule has 2 rings (SSSR count). The smallest absolute Gasteiger partial charge is 0.280 e. The molecule has 0 atom stereocenters. The Kier molecular flexibility index (Phi) is 2.61. The van der Waals surface area contributed by atoms with E-state index >= 15 is 0 Å². The third-order valence-electron chi connectivity index (χ3n) is 2.26. The molecule has 6 nitrogen and oxygen atoms in total. The highest BCUT2D eigenvalue weighted by molar-refractivity contribution is 5.95. The number of rotatable bonds is 3. The number of benzene rings is 1. The van der Waals surface area contributed by atoms with Gasteiger partial charge in [0, 0.05) is 11.6 Å². The zero-order valence-corrected chi connectivity index (χ0v) is 8.62. The molecular weight excluding hydrogens is 224 g/mol. The molecular formula is C11H8N2O4. The van der Waals surface area contributed by atoms with Gasteiger partial charge < -0.3 is 10.2 Å². The predicted molar refractivity (Wildman–Crippen MR) is 59.3 cm³/mol. The molecule has 1 amide bonds. The second-order valence-corrected chi connectivity index (χ2v) is 3.33. The Balaban J connectivity index is 2.64. The minimum Gasteiger partial charge on any atom is -0.464 e. The summed E-state index contributed by atoms with van der Waals surface area (Å²) in [6.07, 6.45) is 1.40. The Morgan fingerprint density at radius 1 is 1.35 bits per heavy atom. The number of nitro groups is 1. The molecule has 1 aromatic heterocycles. The molecule has 17 heavy (non-hydrogen) atoms. The Hall–Kier alpha value is -2.63. The molecule has 0 spiro atoms. The van der Waals surface area contributed by atoms with Crippen LogP contribution >= 0.6 is 0 Å². The first-order valence-corrected chi connectivity index (χ1v) is 4.71. The lowest BCUT2D eigenvalue weighted by Crippen LogP contribution is -2.11. The van der Waals surface area contributed by atoms with Crippen molar-refractivity contribution in [2.75, 3.05) is 0 Å². The largest absolute Gasteiger partial charge is 0.464 e. The van der Waals surface area contributed by atoms with Crippen LogP contribution in [0.3, 0.4) is 0 Å². The third kappa shape index (κ3) is 2.00. The van der Waals surface area contributed by atoms with Gasteiger partial charge in [0.1, 0.15) is 5.76 Å². The maximum absolute atomic E-state index is 11.0. The number of nitrogens with zero attached hydrogens (tertiary/aromatic N) is 1. The number of hydrogen-bond donors (Lipinski definition) is 1. The summed E-state index contributed by atoms with van der Waals surface area (Å²) in [4.78, 5) is 21.3. The van der Waals surface area contributed by atoms with Crippen molar-refractivity contribution < 1.29 is 14.1 Å². The van der Waals surface area contributed by atoms with Crippen LogP contribution in [0, 0.1) is 10.1 Å². The number of furan rings is 1. The van der Waals surface area contributed by atoms with E-state index in [0.717, 1.165) is 0 Å². The van der Waals surface area contributed by atoms with E-state index < -0.39 is 10.8 Å². The Bertz CT molecular complexity index is 575. The zero-order valence-electron chi connectivity index (χ0n) is 8.62. The van der Waals surface area contributed by atoms with Crippen LogP contribution in [-0.4, -0.2) is 10.8 Å². The van der Waals surface area contributed by atoms with Gasteiger partial charge in [0.25, 0.3) is 5.69 Å². The molecule has 6 heteroatoms. The highest BCUT2D eigenvalue weighted by Gasteiger charge is 2.18. The minimum absolute atomic E-state index is 0.134. The molecule has 0 saturated heterocycles. The second-order valence-electron chi connectivity index (χ2n) is 3.33. The van der Waals surface area contributed by atoms with Crippen LogP contribution in [0.15, 0.2) is 41.0 Å². The fourth-order valence-electron chi connectivity index (χ4n) is 1.48. The van der Waals surface area contributed by atoms with Gasteiger partial charge in [-0.2, -0.15) is 0 Å². The van der Waals surface area contributed by atoms with Crippen molar-refractivity contribution in [1.82, 2.24) is 0 Å². The van der Waals surface area contributed by atoms with Crippen LogP contribution in [0.1, 0.15) is 10.4 Å². The fourth-order valence-corrected chi connectivity index (χ4v) is 1.48. The van der Waals surface area contributed by atoms with Gasteiger partial charge in [-0.15, -0.1) is 0 Å². The average molecular weight is 232 g/mol. The fraction of sp³-hybridized carbons (Fsp3) is 0. The summed E-state index contributed by atoms with van der Waals surface area (Å²) in [6.45, 7) is 0. The molecule has 2 aromatic rings. The maximum Gasteiger partial charge on any atom is 0.280 e. The lowest BCUT2D eigenvalue weighted by molar-refractivity contribution is -0.384. The molecule has 1 aromatic carbocycles. The molecule has 0 aliphatic rings. The molecule has 0 aliphatic carbocycles. The Labute approximate surface area is 95.8 Å². The van der Waals surface area contributed by atoms with Gasteiger partial charge in [-0.3, -0.25) is 14.9 Å². The van der Waals surface area contributed by atoms with Gasteiger partial charge in [0.05, 0.1) is 16.7 Å². The molecule has 0 radical (unpaired) electrons. The number of carbonyl (C=O) groups is 1. The van der Waals surface area contributed by atoms with Crippen LogP contribution in [0.2, 0.25) is 0 Å². The van der Waals surface area contributed by atoms with Gasteiger partial charge >= 0.3 is 0 Å². The molecule has 86 valence electrons. The lowest BCUT2D eigenvalue weighted by Gasteiger charge is -2.01. The number of carbonyl (C=O) groups excluding carboxylic acids is 1. The van der Waals surface area contributed by atoms with Gasteiger partial charge in [-0.1, -0.05) is 0 Å². The van der Waals surface area contributed by atoms with E-state index in [1.165, 1.54) is 24.5 Å². The second kappa shape index (κ2) is 4.09. The normalized spacial score (nSPS) is 10.1. The summed E-state index contributed by atoms with van der Waals surface area (Å²) in [5.41, 5.74) is 5.42. The standard InChI is InChI=1S/C11H8N2O4/c12-11(14)7-3-4-9(13(15)16)8(6-7)10-2-1-5-17-10/h1-6H,(H2,12,14). The number of primary amides is 1. The lowest BCUT2D eigenvalue weighted by atomic mass is 10.1. The summed E-state index contributed by atoms with van der Waals surface area (Å²) in [5.74, 6) is -0.326. The topological polar surface area (TPSA) is 99.4 Å².